The molecular formula is C21H24FNO6. The highest BCUT2D eigenvalue weighted by Gasteiger charge is 2.36. The molecule has 7 nitrogen and oxygen atoms in total. The lowest BCUT2D eigenvalue weighted by Crippen LogP contribution is -2.50. The maximum Gasteiger partial charge on any atom is 0.261 e. The lowest BCUT2D eigenvalue weighted by Gasteiger charge is -2.41. The fourth-order valence-corrected chi connectivity index (χ4v) is 3.38. The molecule has 3 rings (SSSR count). The van der Waals surface area contributed by atoms with Crippen molar-refractivity contribution < 1.29 is 33.2 Å². The number of hydrogen-bond acceptors (Lipinski definition) is 6. The zero-order valence-electron chi connectivity index (χ0n) is 16.3. The molecule has 156 valence electrons. The standard InChI is InChI=1S/C21H24FNO6/c1-26-17-7-6-14(10-18(17)27-2)21-19(12-24)28-9-8-23(21)20(25)13-29-16-5-3-4-15(22)11-16/h3-7,10-11,19,21,24H,8-9,12-13H2,1-2H3/t19-,21-/m1/s1. The summed E-state index contributed by atoms with van der Waals surface area (Å²) in [4.78, 5) is 14.5. The van der Waals surface area contributed by atoms with Crippen LogP contribution in [-0.2, 0) is 9.53 Å². The van der Waals surface area contributed by atoms with E-state index in [-0.39, 0.29) is 24.9 Å². The Labute approximate surface area is 168 Å². The van der Waals surface area contributed by atoms with Crippen LogP contribution in [0.15, 0.2) is 42.5 Å². The molecule has 1 fully saturated rings. The van der Waals surface area contributed by atoms with E-state index in [0.29, 0.717) is 24.7 Å². The SMILES string of the molecule is COc1ccc([C@@H]2[C@@H](CO)OCCN2C(=O)COc2cccc(F)c2)cc1OC. The molecule has 1 N–H and O–H groups in total. The molecular weight excluding hydrogens is 381 g/mol. The number of amides is 1. The Balaban J connectivity index is 1.82. The summed E-state index contributed by atoms with van der Waals surface area (Å²) in [7, 11) is 3.07. The molecule has 0 bridgehead atoms. The van der Waals surface area contributed by atoms with Crippen LogP contribution in [0.3, 0.4) is 0 Å². The van der Waals surface area contributed by atoms with E-state index in [0.717, 1.165) is 5.56 Å². The number of halogens is 1. The highest BCUT2D eigenvalue weighted by molar-refractivity contribution is 5.78. The third kappa shape index (κ3) is 4.78. The molecule has 29 heavy (non-hydrogen) atoms. The molecule has 2 aromatic carbocycles. The summed E-state index contributed by atoms with van der Waals surface area (Å²) in [6.07, 6.45) is -0.597. The van der Waals surface area contributed by atoms with Gasteiger partial charge in [-0.15, -0.1) is 0 Å². The molecule has 0 aromatic heterocycles. The van der Waals surface area contributed by atoms with E-state index in [2.05, 4.69) is 0 Å². The van der Waals surface area contributed by atoms with Crippen molar-refractivity contribution >= 4 is 5.91 Å². The Morgan fingerprint density at radius 1 is 1.21 bits per heavy atom. The number of aliphatic hydroxyl groups excluding tert-OH is 1. The van der Waals surface area contributed by atoms with Gasteiger partial charge in [0.25, 0.3) is 5.91 Å². The van der Waals surface area contributed by atoms with Crippen molar-refractivity contribution in [2.75, 3.05) is 40.6 Å². The largest absolute Gasteiger partial charge is 0.493 e. The number of benzene rings is 2. The second-order valence-electron chi connectivity index (χ2n) is 6.48. The second-order valence-corrected chi connectivity index (χ2v) is 6.48. The van der Waals surface area contributed by atoms with Crippen LogP contribution >= 0.6 is 0 Å². The zero-order chi connectivity index (χ0) is 20.8. The Bertz CT molecular complexity index is 846. The van der Waals surface area contributed by atoms with E-state index in [9.17, 15) is 14.3 Å². The zero-order valence-corrected chi connectivity index (χ0v) is 16.3. The second kappa shape index (κ2) is 9.58. The van der Waals surface area contributed by atoms with Gasteiger partial charge < -0.3 is 29.0 Å². The van der Waals surface area contributed by atoms with Crippen molar-refractivity contribution in [2.45, 2.75) is 12.1 Å². The number of methoxy groups -OCH3 is 2. The van der Waals surface area contributed by atoms with Crippen molar-refractivity contribution in [3.05, 3.63) is 53.8 Å². The van der Waals surface area contributed by atoms with Crippen molar-refractivity contribution in [3.63, 3.8) is 0 Å². The van der Waals surface area contributed by atoms with E-state index >= 15 is 0 Å². The van der Waals surface area contributed by atoms with E-state index < -0.39 is 18.0 Å². The minimum atomic E-state index is -0.597. The van der Waals surface area contributed by atoms with Crippen molar-refractivity contribution in [2.24, 2.45) is 0 Å². The van der Waals surface area contributed by atoms with Gasteiger partial charge in [0.1, 0.15) is 17.7 Å². The lowest BCUT2D eigenvalue weighted by molar-refractivity contribution is -0.152. The van der Waals surface area contributed by atoms with Gasteiger partial charge in [-0.2, -0.15) is 0 Å². The normalized spacial score (nSPS) is 19.0. The Hall–Kier alpha value is -2.84. The fraction of sp³-hybridized carbons (Fsp3) is 0.381. The molecule has 0 radical (unpaired) electrons. The van der Waals surface area contributed by atoms with Crippen LogP contribution in [0.4, 0.5) is 4.39 Å². The first-order valence-corrected chi connectivity index (χ1v) is 9.19. The van der Waals surface area contributed by atoms with Gasteiger partial charge in [0, 0.05) is 12.6 Å². The first kappa shape index (κ1) is 20.9. The lowest BCUT2D eigenvalue weighted by atomic mass is 9.97. The van der Waals surface area contributed by atoms with Crippen LogP contribution in [0.25, 0.3) is 0 Å². The van der Waals surface area contributed by atoms with Gasteiger partial charge >= 0.3 is 0 Å². The van der Waals surface area contributed by atoms with Crippen LogP contribution in [0.2, 0.25) is 0 Å². The van der Waals surface area contributed by atoms with Gasteiger partial charge in [-0.3, -0.25) is 4.79 Å². The number of carbonyl (C=O) groups is 1. The number of morpholine rings is 1. The highest BCUT2D eigenvalue weighted by atomic mass is 19.1. The monoisotopic (exact) mass is 405 g/mol. The molecule has 1 aliphatic rings. The Kier molecular flexibility index (Phi) is 6.90. The predicted octanol–water partition coefficient (Wildman–Crippen LogP) is 2.18. The quantitative estimate of drug-likeness (QED) is 0.761. The molecule has 0 aliphatic carbocycles. The van der Waals surface area contributed by atoms with Crippen LogP contribution < -0.4 is 14.2 Å². The van der Waals surface area contributed by atoms with Gasteiger partial charge in [-0.05, 0) is 29.8 Å². The first-order valence-electron chi connectivity index (χ1n) is 9.19. The molecule has 0 unspecified atom stereocenters. The average Bonchev–Trinajstić information content (AvgIpc) is 2.76. The number of ether oxygens (including phenoxy) is 4. The van der Waals surface area contributed by atoms with Crippen molar-refractivity contribution in [1.29, 1.82) is 0 Å². The van der Waals surface area contributed by atoms with Gasteiger partial charge in [0.05, 0.1) is 33.5 Å². The summed E-state index contributed by atoms with van der Waals surface area (Å²) in [5.41, 5.74) is 0.737. The predicted molar refractivity (Wildman–Crippen MR) is 103 cm³/mol. The van der Waals surface area contributed by atoms with E-state index in [1.807, 2.05) is 0 Å². The van der Waals surface area contributed by atoms with Crippen LogP contribution in [-0.4, -0.2) is 62.6 Å². The van der Waals surface area contributed by atoms with Crippen LogP contribution in [0.5, 0.6) is 17.2 Å². The minimum absolute atomic E-state index is 0.256. The average molecular weight is 405 g/mol. The van der Waals surface area contributed by atoms with Crippen LogP contribution in [0, 0.1) is 5.82 Å². The number of carbonyl (C=O) groups excluding carboxylic acids is 1. The van der Waals surface area contributed by atoms with Gasteiger partial charge in [-0.25, -0.2) is 4.39 Å². The van der Waals surface area contributed by atoms with Crippen molar-refractivity contribution in [3.8, 4) is 17.2 Å². The first-order chi connectivity index (χ1) is 14.1. The number of hydrogen-bond donors (Lipinski definition) is 1. The highest BCUT2D eigenvalue weighted by Crippen LogP contribution is 2.35. The summed E-state index contributed by atoms with van der Waals surface area (Å²) in [5, 5.41) is 9.80. The molecule has 0 saturated carbocycles. The van der Waals surface area contributed by atoms with Crippen molar-refractivity contribution in [1.82, 2.24) is 4.90 Å². The summed E-state index contributed by atoms with van der Waals surface area (Å²) in [6.45, 7) is 0.112. The van der Waals surface area contributed by atoms with E-state index in [4.69, 9.17) is 18.9 Å². The smallest absolute Gasteiger partial charge is 0.261 e. The Morgan fingerprint density at radius 3 is 2.69 bits per heavy atom. The van der Waals surface area contributed by atoms with E-state index in [1.54, 1.807) is 29.2 Å². The third-order valence-electron chi connectivity index (χ3n) is 4.76. The molecule has 2 atom stereocenters. The molecule has 2 aromatic rings. The maximum absolute atomic E-state index is 13.3. The van der Waals surface area contributed by atoms with E-state index in [1.165, 1.54) is 32.4 Å². The summed E-state index contributed by atoms with van der Waals surface area (Å²) in [6, 6.07) is 10.4. The number of nitrogens with zero attached hydrogens (tertiary/aromatic N) is 1. The molecule has 1 saturated heterocycles. The summed E-state index contributed by atoms with van der Waals surface area (Å²) < 4.78 is 35.1. The molecule has 8 heteroatoms. The van der Waals surface area contributed by atoms with Gasteiger partial charge in [0.2, 0.25) is 0 Å². The number of rotatable bonds is 7. The molecule has 1 amide bonds. The molecule has 1 heterocycles. The van der Waals surface area contributed by atoms with Gasteiger partial charge in [0.15, 0.2) is 18.1 Å². The fourth-order valence-electron chi connectivity index (χ4n) is 3.38. The molecule has 0 spiro atoms. The topological polar surface area (TPSA) is 77.5 Å². The molecule has 1 aliphatic heterocycles. The maximum atomic E-state index is 13.3. The summed E-state index contributed by atoms with van der Waals surface area (Å²) >= 11 is 0. The Morgan fingerprint density at radius 2 is 2.00 bits per heavy atom. The van der Waals surface area contributed by atoms with Crippen LogP contribution in [0.1, 0.15) is 11.6 Å². The number of aliphatic hydroxyl groups is 1. The minimum Gasteiger partial charge on any atom is -0.493 e. The third-order valence-corrected chi connectivity index (χ3v) is 4.76. The van der Waals surface area contributed by atoms with Gasteiger partial charge in [-0.1, -0.05) is 12.1 Å². The summed E-state index contributed by atoms with van der Waals surface area (Å²) in [5.74, 6) is 0.602.